The first-order valence-corrected chi connectivity index (χ1v) is 6.30. The number of nitrogens with zero attached hydrogens (tertiary/aromatic N) is 5. The lowest BCUT2D eigenvalue weighted by Gasteiger charge is -2.13. The molecule has 0 aliphatic rings. The van der Waals surface area contributed by atoms with Crippen molar-refractivity contribution in [3.05, 3.63) is 23.8 Å². The summed E-state index contributed by atoms with van der Waals surface area (Å²) >= 11 is 0. The van der Waals surface area contributed by atoms with Gasteiger partial charge in [-0.3, -0.25) is 4.68 Å². The number of aromatic nitrogens is 5. The molecule has 0 aromatic carbocycles. The van der Waals surface area contributed by atoms with Gasteiger partial charge in [-0.05, 0) is 6.92 Å². The monoisotopic (exact) mass is 261 g/mol. The third-order valence-electron chi connectivity index (χ3n) is 2.82. The van der Waals surface area contributed by atoms with Gasteiger partial charge in [0.1, 0.15) is 17.5 Å². The van der Waals surface area contributed by atoms with E-state index in [1.807, 2.05) is 27.0 Å². The number of nitrogens with two attached hydrogens (primary N) is 1. The van der Waals surface area contributed by atoms with E-state index in [9.17, 15) is 0 Å². The van der Waals surface area contributed by atoms with Crippen molar-refractivity contribution < 1.29 is 0 Å². The first kappa shape index (κ1) is 13.3. The lowest BCUT2D eigenvalue weighted by atomic mass is 10.2. The Morgan fingerprint density at radius 2 is 2.16 bits per heavy atom. The average molecular weight is 261 g/mol. The molecule has 2 rings (SSSR count). The van der Waals surface area contributed by atoms with E-state index in [4.69, 9.17) is 5.73 Å². The van der Waals surface area contributed by atoms with Gasteiger partial charge in [-0.15, -0.1) is 5.10 Å². The number of anilines is 2. The predicted octanol–water partition coefficient (Wildman–Crippen LogP) is 1.19. The van der Waals surface area contributed by atoms with E-state index in [2.05, 4.69) is 25.6 Å². The molecule has 0 radical (unpaired) electrons. The van der Waals surface area contributed by atoms with E-state index in [0.717, 1.165) is 23.8 Å². The Labute approximate surface area is 112 Å². The van der Waals surface area contributed by atoms with Gasteiger partial charge in [0.25, 0.3) is 0 Å². The Bertz CT molecular complexity index is 533. The highest BCUT2D eigenvalue weighted by atomic mass is 15.4. The second-order valence-corrected chi connectivity index (χ2v) is 4.69. The first-order valence-electron chi connectivity index (χ1n) is 6.30. The van der Waals surface area contributed by atoms with Gasteiger partial charge in [-0.25, -0.2) is 9.97 Å². The fourth-order valence-corrected chi connectivity index (χ4v) is 1.62. The third kappa shape index (κ3) is 3.18. The van der Waals surface area contributed by atoms with Crippen LogP contribution in [0.25, 0.3) is 0 Å². The van der Waals surface area contributed by atoms with Crippen LogP contribution in [-0.4, -0.2) is 31.5 Å². The Kier molecular flexibility index (Phi) is 3.94. The lowest BCUT2D eigenvalue weighted by molar-refractivity contribution is 0.607. The summed E-state index contributed by atoms with van der Waals surface area (Å²) in [5, 5.41) is 10.9. The van der Waals surface area contributed by atoms with Crippen molar-refractivity contribution in [3.8, 4) is 0 Å². The molecule has 2 aromatic rings. The maximum atomic E-state index is 5.91. The van der Waals surface area contributed by atoms with Crippen LogP contribution in [0.2, 0.25) is 0 Å². The van der Waals surface area contributed by atoms with Crippen LogP contribution in [0.1, 0.15) is 31.2 Å². The Hall–Kier alpha value is -2.18. The van der Waals surface area contributed by atoms with Crippen molar-refractivity contribution >= 4 is 11.6 Å². The van der Waals surface area contributed by atoms with Crippen molar-refractivity contribution in [1.82, 2.24) is 25.0 Å². The van der Waals surface area contributed by atoms with E-state index in [0.29, 0.717) is 12.4 Å². The molecule has 0 aliphatic carbocycles. The quantitative estimate of drug-likeness (QED) is 0.839. The number of hydrogen-bond acceptors (Lipinski definition) is 6. The molecule has 2 heterocycles. The summed E-state index contributed by atoms with van der Waals surface area (Å²) in [7, 11) is 0. The van der Waals surface area contributed by atoms with Gasteiger partial charge >= 0.3 is 0 Å². The second kappa shape index (κ2) is 5.64. The van der Waals surface area contributed by atoms with Crippen molar-refractivity contribution in [2.75, 3.05) is 17.6 Å². The van der Waals surface area contributed by atoms with Crippen molar-refractivity contribution in [2.24, 2.45) is 0 Å². The Morgan fingerprint density at radius 1 is 1.37 bits per heavy atom. The zero-order valence-corrected chi connectivity index (χ0v) is 11.5. The smallest absolute Gasteiger partial charge is 0.135 e. The molecule has 0 saturated carbocycles. The lowest BCUT2D eigenvalue weighted by Crippen LogP contribution is -2.15. The molecule has 7 heteroatoms. The fraction of sp³-hybridized carbons (Fsp3) is 0.500. The van der Waals surface area contributed by atoms with Gasteiger partial charge in [0.05, 0.1) is 12.7 Å². The van der Waals surface area contributed by atoms with Gasteiger partial charge in [-0.1, -0.05) is 19.1 Å². The molecule has 0 spiro atoms. The number of hydrogen-bond donors (Lipinski definition) is 2. The Morgan fingerprint density at radius 3 is 2.79 bits per heavy atom. The minimum atomic E-state index is 0.249. The summed E-state index contributed by atoms with van der Waals surface area (Å²) < 4.78 is 1.76. The summed E-state index contributed by atoms with van der Waals surface area (Å²) in [5.41, 5.74) is 6.78. The van der Waals surface area contributed by atoms with Gasteiger partial charge < -0.3 is 11.1 Å². The molecule has 0 saturated heterocycles. The van der Waals surface area contributed by atoms with Gasteiger partial charge in [0.2, 0.25) is 0 Å². The SMILES string of the molecule is Cc1c(N)nc(C(C)C)nc1NCCn1ccnn1. The zero-order chi connectivity index (χ0) is 13.8. The van der Waals surface area contributed by atoms with E-state index in [1.54, 1.807) is 10.9 Å². The second-order valence-electron chi connectivity index (χ2n) is 4.69. The summed E-state index contributed by atoms with van der Waals surface area (Å²) in [6.07, 6.45) is 3.48. The molecule has 2 aromatic heterocycles. The molecule has 0 unspecified atom stereocenters. The van der Waals surface area contributed by atoms with Crippen LogP contribution in [0.5, 0.6) is 0 Å². The molecule has 19 heavy (non-hydrogen) atoms. The molecule has 0 aliphatic heterocycles. The van der Waals surface area contributed by atoms with Crippen molar-refractivity contribution in [2.45, 2.75) is 33.2 Å². The number of rotatable bonds is 5. The van der Waals surface area contributed by atoms with Gasteiger partial charge in [-0.2, -0.15) is 0 Å². The zero-order valence-electron chi connectivity index (χ0n) is 11.5. The standard InChI is InChI=1S/C12H19N7/c1-8(2)11-16-10(13)9(3)12(17-11)14-4-6-19-7-5-15-18-19/h5,7-8H,4,6H2,1-3H3,(H3,13,14,16,17). The third-order valence-corrected chi connectivity index (χ3v) is 2.82. The van der Waals surface area contributed by atoms with E-state index in [1.165, 1.54) is 0 Å². The molecular formula is C12H19N7. The topological polar surface area (TPSA) is 94.5 Å². The maximum absolute atomic E-state index is 5.91. The molecule has 3 N–H and O–H groups in total. The largest absolute Gasteiger partial charge is 0.383 e. The van der Waals surface area contributed by atoms with Gasteiger partial charge in [0, 0.05) is 24.2 Å². The molecule has 0 atom stereocenters. The van der Waals surface area contributed by atoms with Crippen LogP contribution >= 0.6 is 0 Å². The van der Waals surface area contributed by atoms with E-state index >= 15 is 0 Å². The Balaban J connectivity index is 2.06. The normalized spacial score (nSPS) is 10.9. The summed E-state index contributed by atoms with van der Waals surface area (Å²) in [4.78, 5) is 8.79. The average Bonchev–Trinajstić information content (AvgIpc) is 2.87. The number of nitrogen functional groups attached to an aromatic ring is 1. The molecular weight excluding hydrogens is 242 g/mol. The van der Waals surface area contributed by atoms with Crippen LogP contribution in [-0.2, 0) is 6.54 Å². The predicted molar refractivity (Wildman–Crippen MR) is 73.8 cm³/mol. The molecule has 102 valence electrons. The van der Waals surface area contributed by atoms with Crippen LogP contribution in [0.15, 0.2) is 12.4 Å². The highest BCUT2D eigenvalue weighted by molar-refractivity contribution is 5.54. The van der Waals surface area contributed by atoms with Crippen LogP contribution < -0.4 is 11.1 Å². The van der Waals surface area contributed by atoms with Crippen LogP contribution in [0.3, 0.4) is 0 Å². The van der Waals surface area contributed by atoms with E-state index in [-0.39, 0.29) is 5.92 Å². The summed E-state index contributed by atoms with van der Waals surface area (Å²) in [5.74, 6) is 2.32. The minimum absolute atomic E-state index is 0.249. The van der Waals surface area contributed by atoms with Crippen molar-refractivity contribution in [3.63, 3.8) is 0 Å². The first-order chi connectivity index (χ1) is 9.08. The summed E-state index contributed by atoms with van der Waals surface area (Å²) in [6.45, 7) is 7.43. The minimum Gasteiger partial charge on any atom is -0.383 e. The fourth-order valence-electron chi connectivity index (χ4n) is 1.62. The number of nitrogens with one attached hydrogen (secondary N) is 1. The highest BCUT2D eigenvalue weighted by Gasteiger charge is 2.10. The highest BCUT2D eigenvalue weighted by Crippen LogP contribution is 2.20. The van der Waals surface area contributed by atoms with Gasteiger partial charge in [0.15, 0.2) is 0 Å². The maximum Gasteiger partial charge on any atom is 0.135 e. The van der Waals surface area contributed by atoms with Crippen LogP contribution in [0.4, 0.5) is 11.6 Å². The summed E-state index contributed by atoms with van der Waals surface area (Å²) in [6, 6.07) is 0. The van der Waals surface area contributed by atoms with Crippen molar-refractivity contribution in [1.29, 1.82) is 0 Å². The molecule has 0 bridgehead atoms. The van der Waals surface area contributed by atoms with E-state index < -0.39 is 0 Å². The molecule has 7 nitrogen and oxygen atoms in total. The molecule has 0 amide bonds. The van der Waals surface area contributed by atoms with Crippen LogP contribution in [0, 0.1) is 6.92 Å². The molecule has 0 fully saturated rings.